The number of nitrogens with zero attached hydrogens (tertiary/aromatic N) is 2. The number of piperidine rings is 1. The molecular formula is C16H27IN4O3S. The van der Waals surface area contributed by atoms with E-state index < -0.39 is 10.0 Å². The second-order valence-electron chi connectivity index (χ2n) is 6.16. The summed E-state index contributed by atoms with van der Waals surface area (Å²) >= 11 is 0. The van der Waals surface area contributed by atoms with Gasteiger partial charge in [0.15, 0.2) is 5.96 Å². The molecule has 25 heavy (non-hydrogen) atoms. The number of benzene rings is 1. The zero-order valence-corrected chi connectivity index (χ0v) is 17.8. The van der Waals surface area contributed by atoms with Gasteiger partial charge in [0.1, 0.15) is 12.4 Å². The molecule has 0 bridgehead atoms. The van der Waals surface area contributed by atoms with Crippen molar-refractivity contribution in [3.05, 3.63) is 24.3 Å². The lowest BCUT2D eigenvalue weighted by molar-refractivity contribution is 0.276. The Kier molecular flexibility index (Phi) is 8.77. The molecule has 142 valence electrons. The van der Waals surface area contributed by atoms with Gasteiger partial charge in [-0.1, -0.05) is 13.0 Å². The highest BCUT2D eigenvalue weighted by molar-refractivity contribution is 14.0. The van der Waals surface area contributed by atoms with E-state index in [-0.39, 0.29) is 24.0 Å². The van der Waals surface area contributed by atoms with E-state index in [9.17, 15) is 8.42 Å². The normalized spacial score (nSPS) is 16.2. The molecule has 1 fully saturated rings. The molecule has 0 aromatic heterocycles. The van der Waals surface area contributed by atoms with Crippen LogP contribution < -0.4 is 15.2 Å². The zero-order chi connectivity index (χ0) is 17.6. The van der Waals surface area contributed by atoms with E-state index >= 15 is 0 Å². The molecule has 1 aliphatic heterocycles. The second-order valence-corrected chi connectivity index (χ2v) is 7.91. The maximum absolute atomic E-state index is 11.2. The lowest BCUT2D eigenvalue weighted by atomic mass is 10.00. The Morgan fingerprint density at radius 2 is 2.08 bits per heavy atom. The quantitative estimate of drug-likeness (QED) is 0.280. The standard InChI is InChI=1S/C16H26N4O3S.HI/c1-13-6-9-20(10-7-13)16(17)18-8-11-23-15-5-3-4-14(12-15)19-24(2,21)22;/h3-5,12-13,19H,6-11H2,1-2H3,(H2,17,18);1H. The van der Waals surface area contributed by atoms with Crippen molar-refractivity contribution in [2.45, 2.75) is 19.8 Å². The minimum absolute atomic E-state index is 0. The van der Waals surface area contributed by atoms with Crippen molar-refractivity contribution in [2.75, 3.05) is 37.2 Å². The molecule has 1 saturated heterocycles. The molecule has 0 saturated carbocycles. The molecule has 1 aliphatic rings. The molecule has 7 nitrogen and oxygen atoms in total. The number of anilines is 1. The van der Waals surface area contributed by atoms with Gasteiger partial charge in [0, 0.05) is 19.2 Å². The van der Waals surface area contributed by atoms with Gasteiger partial charge in [0.05, 0.1) is 18.5 Å². The van der Waals surface area contributed by atoms with Gasteiger partial charge in [-0.2, -0.15) is 0 Å². The van der Waals surface area contributed by atoms with Gasteiger partial charge in [-0.25, -0.2) is 13.4 Å². The number of guanidine groups is 1. The third-order valence-electron chi connectivity index (χ3n) is 3.88. The molecule has 0 atom stereocenters. The van der Waals surface area contributed by atoms with Crippen LogP contribution in [-0.2, 0) is 10.0 Å². The van der Waals surface area contributed by atoms with Crippen LogP contribution in [0.15, 0.2) is 29.3 Å². The molecule has 0 radical (unpaired) electrons. The molecule has 0 aliphatic carbocycles. The van der Waals surface area contributed by atoms with Crippen LogP contribution >= 0.6 is 24.0 Å². The molecule has 0 amide bonds. The Morgan fingerprint density at radius 1 is 1.40 bits per heavy atom. The fraction of sp³-hybridized carbons (Fsp3) is 0.562. The summed E-state index contributed by atoms with van der Waals surface area (Å²) in [5, 5.41) is 0. The van der Waals surface area contributed by atoms with Gasteiger partial charge < -0.3 is 15.4 Å². The molecule has 0 spiro atoms. The number of halogens is 1. The average Bonchev–Trinajstić information content (AvgIpc) is 2.51. The van der Waals surface area contributed by atoms with E-state index in [1.807, 2.05) is 0 Å². The first-order valence-electron chi connectivity index (χ1n) is 8.09. The number of nitrogens with one attached hydrogen (secondary N) is 1. The van der Waals surface area contributed by atoms with Crippen molar-refractivity contribution in [3.63, 3.8) is 0 Å². The largest absolute Gasteiger partial charge is 0.492 e. The van der Waals surface area contributed by atoms with Crippen LogP contribution in [0.4, 0.5) is 5.69 Å². The summed E-state index contributed by atoms with van der Waals surface area (Å²) in [6, 6.07) is 6.81. The second kappa shape index (κ2) is 10.0. The van der Waals surface area contributed by atoms with Gasteiger partial charge in [-0.05, 0) is 30.9 Å². The van der Waals surface area contributed by atoms with Gasteiger partial charge in [-0.15, -0.1) is 24.0 Å². The van der Waals surface area contributed by atoms with Gasteiger partial charge in [0.2, 0.25) is 10.0 Å². The highest BCUT2D eigenvalue weighted by Crippen LogP contribution is 2.18. The number of hydrogen-bond acceptors (Lipinski definition) is 4. The van der Waals surface area contributed by atoms with Crippen molar-refractivity contribution >= 4 is 45.6 Å². The summed E-state index contributed by atoms with van der Waals surface area (Å²) in [5.74, 6) is 1.91. The van der Waals surface area contributed by atoms with E-state index in [2.05, 4.69) is 21.5 Å². The summed E-state index contributed by atoms with van der Waals surface area (Å²) in [6.45, 7) is 5.01. The Balaban J connectivity index is 0.00000312. The third-order valence-corrected chi connectivity index (χ3v) is 4.49. The molecule has 2 rings (SSSR count). The summed E-state index contributed by atoms with van der Waals surface area (Å²) in [4.78, 5) is 6.46. The lowest BCUT2D eigenvalue weighted by Crippen LogP contribution is -2.42. The number of aliphatic imine (C=N–C) groups is 1. The van der Waals surface area contributed by atoms with E-state index in [1.165, 1.54) is 0 Å². The minimum atomic E-state index is -3.30. The van der Waals surface area contributed by atoms with Crippen LogP contribution in [0.25, 0.3) is 0 Å². The molecule has 3 N–H and O–H groups in total. The fourth-order valence-corrected chi connectivity index (χ4v) is 3.08. The molecule has 0 unspecified atom stereocenters. The summed E-state index contributed by atoms with van der Waals surface area (Å²) in [5.41, 5.74) is 6.48. The first-order chi connectivity index (χ1) is 11.3. The smallest absolute Gasteiger partial charge is 0.229 e. The fourth-order valence-electron chi connectivity index (χ4n) is 2.52. The molecule has 1 heterocycles. The maximum Gasteiger partial charge on any atom is 0.229 e. The van der Waals surface area contributed by atoms with E-state index in [1.54, 1.807) is 24.3 Å². The number of nitrogens with two attached hydrogens (primary N) is 1. The number of likely N-dealkylation sites (tertiary alicyclic amines) is 1. The van der Waals surface area contributed by atoms with Gasteiger partial charge >= 0.3 is 0 Å². The number of sulfonamides is 1. The molecule has 1 aromatic carbocycles. The van der Waals surface area contributed by atoms with Crippen molar-refractivity contribution in [2.24, 2.45) is 16.6 Å². The van der Waals surface area contributed by atoms with Crippen molar-refractivity contribution < 1.29 is 13.2 Å². The zero-order valence-electron chi connectivity index (χ0n) is 14.6. The lowest BCUT2D eigenvalue weighted by Gasteiger charge is -2.31. The Morgan fingerprint density at radius 3 is 2.72 bits per heavy atom. The summed E-state index contributed by atoms with van der Waals surface area (Å²) < 4.78 is 30.5. The topological polar surface area (TPSA) is 97.0 Å². The van der Waals surface area contributed by atoms with Crippen LogP contribution in [0.3, 0.4) is 0 Å². The third kappa shape index (κ3) is 8.13. The minimum Gasteiger partial charge on any atom is -0.492 e. The number of hydrogen-bond donors (Lipinski definition) is 2. The highest BCUT2D eigenvalue weighted by Gasteiger charge is 2.16. The van der Waals surface area contributed by atoms with Crippen LogP contribution in [-0.4, -0.2) is 51.8 Å². The average molecular weight is 482 g/mol. The first kappa shape index (κ1) is 21.8. The molecular weight excluding hydrogens is 455 g/mol. The molecule has 1 aromatic rings. The Hall–Kier alpha value is -1.23. The van der Waals surface area contributed by atoms with Crippen LogP contribution in [0, 0.1) is 5.92 Å². The van der Waals surface area contributed by atoms with Gasteiger partial charge in [0.25, 0.3) is 0 Å². The van der Waals surface area contributed by atoms with Crippen LogP contribution in [0.2, 0.25) is 0 Å². The van der Waals surface area contributed by atoms with Gasteiger partial charge in [-0.3, -0.25) is 4.72 Å². The monoisotopic (exact) mass is 482 g/mol. The number of ether oxygens (including phenoxy) is 1. The molecule has 9 heteroatoms. The predicted octanol–water partition coefficient (Wildman–Crippen LogP) is 2.10. The number of rotatable bonds is 6. The van der Waals surface area contributed by atoms with Crippen molar-refractivity contribution in [1.29, 1.82) is 0 Å². The first-order valence-corrected chi connectivity index (χ1v) is 9.98. The van der Waals surface area contributed by atoms with E-state index in [0.29, 0.717) is 30.5 Å². The predicted molar refractivity (Wildman–Crippen MR) is 112 cm³/mol. The highest BCUT2D eigenvalue weighted by atomic mass is 127. The SMILES string of the molecule is CC1CCN(C(N)=NCCOc2cccc(NS(C)(=O)=O)c2)CC1.I. The van der Waals surface area contributed by atoms with E-state index in [0.717, 1.165) is 38.1 Å². The van der Waals surface area contributed by atoms with Crippen molar-refractivity contribution in [3.8, 4) is 5.75 Å². The Labute approximate surface area is 167 Å². The van der Waals surface area contributed by atoms with Crippen LogP contribution in [0.5, 0.6) is 5.75 Å². The Bertz CT molecular complexity index is 674. The van der Waals surface area contributed by atoms with Crippen molar-refractivity contribution in [1.82, 2.24) is 4.90 Å². The maximum atomic E-state index is 11.2. The summed E-state index contributed by atoms with van der Waals surface area (Å²) in [7, 11) is -3.30. The van der Waals surface area contributed by atoms with E-state index in [4.69, 9.17) is 10.5 Å². The van der Waals surface area contributed by atoms with Crippen LogP contribution in [0.1, 0.15) is 19.8 Å². The summed E-state index contributed by atoms with van der Waals surface area (Å²) in [6.07, 6.45) is 3.40.